The fraction of sp³-hybridized carbons (Fsp3) is 0.105. The van der Waals surface area contributed by atoms with Gasteiger partial charge in [0, 0.05) is 29.4 Å². The lowest BCUT2D eigenvalue weighted by Gasteiger charge is -2.15. The van der Waals surface area contributed by atoms with Crippen molar-refractivity contribution < 1.29 is 4.74 Å². The summed E-state index contributed by atoms with van der Waals surface area (Å²) in [5.41, 5.74) is 3.48. The number of anilines is 1. The van der Waals surface area contributed by atoms with E-state index in [0.717, 1.165) is 33.6 Å². The number of nitrogens with one attached hydrogen (secondary N) is 1. The maximum atomic E-state index is 6.26. The zero-order chi connectivity index (χ0) is 18.8. The number of rotatable bonds is 5. The van der Waals surface area contributed by atoms with E-state index in [1.165, 1.54) is 0 Å². The third-order valence-electron chi connectivity index (χ3n) is 4.34. The molecule has 0 amide bonds. The van der Waals surface area contributed by atoms with Gasteiger partial charge < -0.3 is 10.1 Å². The van der Waals surface area contributed by atoms with E-state index in [2.05, 4.69) is 29.7 Å². The van der Waals surface area contributed by atoms with Crippen LogP contribution in [0.2, 0.25) is 5.15 Å². The summed E-state index contributed by atoms with van der Waals surface area (Å²) in [5, 5.41) is 13.3. The minimum absolute atomic E-state index is 0.435. The Labute approximate surface area is 163 Å². The van der Waals surface area contributed by atoms with Crippen molar-refractivity contribution in [2.75, 3.05) is 12.4 Å². The van der Waals surface area contributed by atoms with Crippen LogP contribution in [0, 0.1) is 0 Å². The first kappa shape index (κ1) is 17.7. The van der Waals surface area contributed by atoms with Crippen LogP contribution in [0.5, 0.6) is 5.75 Å². The average Bonchev–Trinajstić information content (AvgIpc) is 3.17. The molecule has 6 nitrogen and oxygen atoms in total. The van der Waals surface area contributed by atoms with Crippen molar-refractivity contribution in [1.82, 2.24) is 19.6 Å². The van der Waals surface area contributed by atoms with Gasteiger partial charge in [-0.1, -0.05) is 23.7 Å². The van der Waals surface area contributed by atoms with Gasteiger partial charge in [0.15, 0.2) is 5.65 Å². The number of ether oxygens (including phenoxy) is 1. The van der Waals surface area contributed by atoms with E-state index in [0.29, 0.717) is 17.3 Å². The molecule has 0 spiro atoms. The zero-order valence-corrected chi connectivity index (χ0v) is 16.5. The van der Waals surface area contributed by atoms with Crippen LogP contribution in [0.3, 0.4) is 0 Å². The molecule has 0 aliphatic heterocycles. The highest BCUT2D eigenvalue weighted by Gasteiger charge is 2.13. The van der Waals surface area contributed by atoms with E-state index in [-0.39, 0.29) is 0 Å². The molecule has 0 saturated carbocycles. The van der Waals surface area contributed by atoms with Crippen LogP contribution in [0.1, 0.15) is 5.56 Å². The number of halogens is 1. The molecule has 1 aromatic carbocycles. The number of hydrogen-bond donors (Lipinski definition) is 1. The molecule has 1 unspecified atom stereocenters. The van der Waals surface area contributed by atoms with E-state index in [1.807, 2.05) is 46.9 Å². The van der Waals surface area contributed by atoms with Crippen LogP contribution >= 0.6 is 20.8 Å². The highest BCUT2D eigenvalue weighted by molar-refractivity contribution is 7.27. The molecule has 3 aromatic heterocycles. The van der Waals surface area contributed by atoms with Gasteiger partial charge in [-0.2, -0.15) is 0 Å². The minimum atomic E-state index is 0.435. The van der Waals surface area contributed by atoms with Gasteiger partial charge >= 0.3 is 0 Å². The third kappa shape index (κ3) is 3.34. The van der Waals surface area contributed by atoms with Crippen molar-refractivity contribution in [1.29, 1.82) is 0 Å². The third-order valence-corrected chi connectivity index (χ3v) is 5.18. The first-order chi connectivity index (χ1) is 13.2. The first-order valence-electron chi connectivity index (χ1n) is 8.28. The lowest BCUT2D eigenvalue weighted by atomic mass is 10.1. The quantitative estimate of drug-likeness (QED) is 0.412. The maximum Gasteiger partial charge on any atom is 0.170 e. The lowest BCUT2D eigenvalue weighted by Crippen LogP contribution is -2.11. The van der Waals surface area contributed by atoms with Crippen molar-refractivity contribution in [2.45, 2.75) is 6.54 Å². The van der Waals surface area contributed by atoms with Crippen LogP contribution in [-0.2, 0) is 6.54 Å². The lowest BCUT2D eigenvalue weighted by molar-refractivity contribution is 0.411. The number of benzene rings is 1. The summed E-state index contributed by atoms with van der Waals surface area (Å²) in [6.07, 6.45) is 3.34. The molecular weight excluding hydrogens is 381 g/mol. The number of methoxy groups -OCH3 is 1. The fourth-order valence-electron chi connectivity index (χ4n) is 3.00. The van der Waals surface area contributed by atoms with Crippen LogP contribution in [0.4, 0.5) is 5.82 Å². The van der Waals surface area contributed by atoms with Gasteiger partial charge in [-0.25, -0.2) is 4.98 Å². The van der Waals surface area contributed by atoms with Crippen LogP contribution in [-0.4, -0.2) is 26.7 Å². The summed E-state index contributed by atoms with van der Waals surface area (Å²) in [6.45, 7) is 0.600. The highest BCUT2D eigenvalue weighted by Crippen LogP contribution is 2.30. The van der Waals surface area contributed by atoms with Crippen molar-refractivity contribution in [3.63, 3.8) is 0 Å². The molecule has 0 fully saturated rings. The van der Waals surface area contributed by atoms with Gasteiger partial charge in [0.2, 0.25) is 0 Å². The molecule has 27 heavy (non-hydrogen) atoms. The molecule has 1 N–H and O–H groups in total. The van der Waals surface area contributed by atoms with Crippen LogP contribution in [0.25, 0.3) is 16.8 Å². The second-order valence-corrected chi connectivity index (χ2v) is 6.86. The predicted molar refractivity (Wildman–Crippen MR) is 111 cm³/mol. The normalized spacial score (nSPS) is 10.9. The van der Waals surface area contributed by atoms with E-state index in [9.17, 15) is 0 Å². The summed E-state index contributed by atoms with van der Waals surface area (Å²) in [7, 11) is 4.42. The number of pyridine rings is 2. The van der Waals surface area contributed by atoms with Crippen molar-refractivity contribution in [3.8, 4) is 16.9 Å². The van der Waals surface area contributed by atoms with Gasteiger partial charge in [0.25, 0.3) is 0 Å². The molecule has 8 heteroatoms. The topological polar surface area (TPSA) is 64.3 Å². The second-order valence-electron chi connectivity index (χ2n) is 5.88. The molecule has 0 radical (unpaired) electrons. The standard InChI is InChI=1S/C19H17ClN5OP/c1-26-15-5-2-6-16(27)14(15)10-22-17-8-7-13(19-24-23-11-25(17)19)12-4-3-9-21-18(12)20/h2-9,11,22H,10,27H2,1H3. The molecular formula is C19H17ClN5OP. The van der Waals surface area contributed by atoms with Crippen molar-refractivity contribution >= 4 is 37.6 Å². The van der Waals surface area contributed by atoms with Gasteiger partial charge in [-0.05, 0) is 35.6 Å². The second kappa shape index (κ2) is 7.51. The smallest absolute Gasteiger partial charge is 0.170 e. The first-order valence-corrected chi connectivity index (χ1v) is 9.23. The van der Waals surface area contributed by atoms with Gasteiger partial charge in [0.05, 0.1) is 7.11 Å². The molecule has 0 bridgehead atoms. The van der Waals surface area contributed by atoms with E-state index >= 15 is 0 Å². The molecule has 4 rings (SSSR count). The maximum absolute atomic E-state index is 6.26. The SMILES string of the molecule is COc1cccc(P)c1CNc1ccc(-c2cccnc2Cl)c2nncn12. The summed E-state index contributed by atoms with van der Waals surface area (Å²) in [4.78, 5) is 4.15. The summed E-state index contributed by atoms with van der Waals surface area (Å²) in [5.74, 6) is 1.71. The average molecular weight is 398 g/mol. The van der Waals surface area contributed by atoms with Crippen molar-refractivity contribution in [2.24, 2.45) is 0 Å². The molecule has 0 aliphatic rings. The Bertz CT molecular complexity index is 1110. The van der Waals surface area contributed by atoms with Crippen LogP contribution in [0.15, 0.2) is 55.0 Å². The fourth-order valence-corrected chi connectivity index (χ4v) is 3.57. The molecule has 0 saturated heterocycles. The Balaban J connectivity index is 1.70. The number of aromatic nitrogens is 4. The van der Waals surface area contributed by atoms with Gasteiger partial charge in [-0.3, -0.25) is 4.40 Å². The molecule has 4 aromatic rings. The van der Waals surface area contributed by atoms with Gasteiger partial charge in [0.1, 0.15) is 23.0 Å². The number of hydrogen-bond acceptors (Lipinski definition) is 5. The Morgan fingerprint density at radius 2 is 2.04 bits per heavy atom. The van der Waals surface area contributed by atoms with E-state index < -0.39 is 0 Å². The Morgan fingerprint density at radius 1 is 1.15 bits per heavy atom. The van der Waals surface area contributed by atoms with E-state index in [4.69, 9.17) is 16.3 Å². The molecule has 0 aliphatic carbocycles. The minimum Gasteiger partial charge on any atom is -0.496 e. The highest BCUT2D eigenvalue weighted by atomic mass is 35.5. The van der Waals surface area contributed by atoms with Gasteiger partial charge in [-0.15, -0.1) is 19.4 Å². The molecule has 136 valence electrons. The molecule has 3 heterocycles. The Hall–Kier alpha value is -2.69. The largest absolute Gasteiger partial charge is 0.496 e. The van der Waals surface area contributed by atoms with Crippen LogP contribution < -0.4 is 15.4 Å². The summed E-state index contributed by atoms with van der Waals surface area (Å²) < 4.78 is 7.37. The monoisotopic (exact) mass is 397 g/mol. The van der Waals surface area contributed by atoms with Crippen molar-refractivity contribution in [3.05, 3.63) is 65.7 Å². The Morgan fingerprint density at radius 3 is 2.85 bits per heavy atom. The summed E-state index contributed by atoms with van der Waals surface area (Å²) in [6, 6.07) is 13.7. The number of nitrogens with zero attached hydrogens (tertiary/aromatic N) is 4. The van der Waals surface area contributed by atoms with E-state index in [1.54, 1.807) is 19.6 Å². The molecule has 1 atom stereocenters. The number of fused-ring (bicyclic) bond motifs is 1. The predicted octanol–water partition coefficient (Wildman–Crippen LogP) is 3.57. The summed E-state index contributed by atoms with van der Waals surface area (Å²) >= 11 is 6.26. The zero-order valence-electron chi connectivity index (χ0n) is 14.6. The Kier molecular flexibility index (Phi) is 4.92.